The lowest BCUT2D eigenvalue weighted by atomic mass is 9.93. The van der Waals surface area contributed by atoms with Crippen LogP contribution in [0.1, 0.15) is 54.4 Å². The first-order chi connectivity index (χ1) is 17.4. The van der Waals surface area contributed by atoms with Gasteiger partial charge in [-0.25, -0.2) is 0 Å². The number of rotatable bonds is 9. The first-order valence-corrected chi connectivity index (χ1v) is 12.7. The second-order valence-corrected chi connectivity index (χ2v) is 9.64. The quantitative estimate of drug-likeness (QED) is 0.395. The molecule has 1 atom stereocenters. The second kappa shape index (κ2) is 11.9. The summed E-state index contributed by atoms with van der Waals surface area (Å²) in [6.07, 6.45) is 4.14. The Labute approximate surface area is 216 Å². The summed E-state index contributed by atoms with van der Waals surface area (Å²) in [7, 11) is 3.03. The number of carbonyl (C=O) groups excluding carboxylic acids is 1. The number of nitrogens with one attached hydrogen (secondary N) is 2. The van der Waals surface area contributed by atoms with Gasteiger partial charge in [0.1, 0.15) is 17.1 Å². The van der Waals surface area contributed by atoms with Crippen LogP contribution in [0, 0.1) is 0 Å². The number of aliphatic hydroxyl groups is 2. The van der Waals surface area contributed by atoms with E-state index in [1.165, 1.54) is 7.11 Å². The van der Waals surface area contributed by atoms with Crippen molar-refractivity contribution in [3.8, 4) is 11.6 Å². The highest BCUT2D eigenvalue weighted by atomic mass is 35.5. The van der Waals surface area contributed by atoms with Gasteiger partial charge in [0.25, 0.3) is 5.91 Å². The number of nitrogens with zero attached hydrogens (tertiary/aromatic N) is 3. The van der Waals surface area contributed by atoms with Crippen molar-refractivity contribution >= 4 is 29.3 Å². The lowest BCUT2D eigenvalue weighted by Gasteiger charge is -2.27. The molecule has 2 aliphatic rings. The Bertz CT molecular complexity index is 1060. The largest absolute Gasteiger partial charge is 0.495 e. The van der Waals surface area contributed by atoms with Crippen molar-refractivity contribution in [1.29, 1.82) is 0 Å². The second-order valence-electron chi connectivity index (χ2n) is 9.23. The number of carbonyl (C=O) groups is 1. The Morgan fingerprint density at radius 1 is 1.17 bits per heavy atom. The fourth-order valence-electron chi connectivity index (χ4n) is 4.81. The number of aliphatic hydroxyl groups excluding tert-OH is 2. The molecule has 10 nitrogen and oxygen atoms in total. The van der Waals surface area contributed by atoms with Crippen molar-refractivity contribution in [2.24, 2.45) is 0 Å². The molecule has 2 aromatic rings. The molecule has 1 aromatic heterocycles. The number of ether oxygens (including phenoxy) is 2. The van der Waals surface area contributed by atoms with Gasteiger partial charge in [0.05, 0.1) is 38.0 Å². The van der Waals surface area contributed by atoms with E-state index in [1.807, 2.05) is 11.0 Å². The normalized spacial score (nSPS) is 21.8. The summed E-state index contributed by atoms with van der Waals surface area (Å²) < 4.78 is 10.8. The first kappa shape index (κ1) is 26.2. The van der Waals surface area contributed by atoms with Crippen LogP contribution in [0.3, 0.4) is 0 Å². The number of halogens is 1. The highest BCUT2D eigenvalue weighted by molar-refractivity contribution is 6.32. The van der Waals surface area contributed by atoms with E-state index in [-0.39, 0.29) is 42.1 Å². The van der Waals surface area contributed by atoms with Gasteiger partial charge in [0, 0.05) is 19.1 Å². The van der Waals surface area contributed by atoms with Crippen molar-refractivity contribution in [3.63, 3.8) is 0 Å². The molecule has 4 N–H and O–H groups in total. The third-order valence-electron chi connectivity index (χ3n) is 6.84. The lowest BCUT2D eigenvalue weighted by molar-refractivity contribution is 0.0864. The molecular formula is C25H34ClN5O5. The fourth-order valence-corrected chi connectivity index (χ4v) is 5.09. The van der Waals surface area contributed by atoms with E-state index in [0.29, 0.717) is 61.3 Å². The number of benzene rings is 1. The molecule has 4 rings (SSSR count). The number of methoxy groups -OCH3 is 2. The summed E-state index contributed by atoms with van der Waals surface area (Å²) in [4.78, 5) is 24.6. The fraction of sp³-hybridized carbons (Fsp3) is 0.560. The smallest absolute Gasteiger partial charge is 0.260 e. The third-order valence-corrected chi connectivity index (χ3v) is 7.13. The Morgan fingerprint density at radius 2 is 1.94 bits per heavy atom. The van der Waals surface area contributed by atoms with Gasteiger partial charge in [-0.15, -0.1) is 0 Å². The van der Waals surface area contributed by atoms with Crippen LogP contribution in [0.5, 0.6) is 11.6 Å². The van der Waals surface area contributed by atoms with Crippen molar-refractivity contribution in [3.05, 3.63) is 34.3 Å². The molecule has 1 saturated carbocycles. The molecule has 36 heavy (non-hydrogen) atoms. The van der Waals surface area contributed by atoms with Crippen LogP contribution in [0.15, 0.2) is 18.2 Å². The molecular weight excluding hydrogens is 486 g/mol. The predicted molar refractivity (Wildman–Crippen MR) is 137 cm³/mol. The molecule has 1 aliphatic carbocycles. The zero-order valence-corrected chi connectivity index (χ0v) is 21.4. The Hall–Kier alpha value is -2.82. The van der Waals surface area contributed by atoms with Crippen molar-refractivity contribution in [2.45, 2.75) is 63.3 Å². The highest BCUT2D eigenvalue weighted by Gasteiger charge is 2.31. The van der Waals surface area contributed by atoms with E-state index in [0.717, 1.165) is 18.4 Å². The van der Waals surface area contributed by atoms with E-state index in [4.69, 9.17) is 26.1 Å². The monoisotopic (exact) mass is 519 g/mol. The van der Waals surface area contributed by atoms with Crippen LogP contribution in [0.2, 0.25) is 5.02 Å². The topological polar surface area (TPSA) is 129 Å². The molecule has 2 heterocycles. The molecule has 11 heteroatoms. The highest BCUT2D eigenvalue weighted by Crippen LogP contribution is 2.31. The Kier molecular flexibility index (Phi) is 8.71. The standard InChI is InChI=1S/C25H34ClN5O5/c1-35-20-10-5-15(12-19(20)26)13-27-22-21(23(34)28-16-6-8-18(33)9-7-16)24(36-2)30-25(29-22)31-11-3-4-17(31)14-32/h5,10,12,16-18,32-33H,3-4,6-9,11,13-14H2,1-2H3,(H,28,34)(H,27,29,30)/t16?,17-,18?/m0/s1. The van der Waals surface area contributed by atoms with Gasteiger partial charge in [-0.2, -0.15) is 9.97 Å². The summed E-state index contributed by atoms with van der Waals surface area (Å²) >= 11 is 6.29. The summed E-state index contributed by atoms with van der Waals surface area (Å²) in [6.45, 7) is 1.05. The number of hydrogen-bond donors (Lipinski definition) is 4. The van der Waals surface area contributed by atoms with Gasteiger partial charge in [-0.1, -0.05) is 17.7 Å². The van der Waals surface area contributed by atoms with Crippen LogP contribution in [-0.4, -0.2) is 71.6 Å². The third kappa shape index (κ3) is 5.93. The van der Waals surface area contributed by atoms with Crippen molar-refractivity contribution in [2.75, 3.05) is 37.6 Å². The summed E-state index contributed by atoms with van der Waals surface area (Å²) in [5.74, 6) is 1.13. The average molecular weight is 520 g/mol. The number of aromatic nitrogens is 2. The molecule has 0 bridgehead atoms. The lowest BCUT2D eigenvalue weighted by Crippen LogP contribution is -2.39. The molecule has 196 valence electrons. The van der Waals surface area contributed by atoms with E-state index in [9.17, 15) is 15.0 Å². The number of hydrogen-bond acceptors (Lipinski definition) is 9. The van der Waals surface area contributed by atoms with Gasteiger partial charge in [0.2, 0.25) is 11.8 Å². The number of amides is 1. The minimum absolute atomic E-state index is 0.00540. The minimum atomic E-state index is -0.338. The van der Waals surface area contributed by atoms with E-state index < -0.39 is 0 Å². The van der Waals surface area contributed by atoms with E-state index in [1.54, 1.807) is 19.2 Å². The van der Waals surface area contributed by atoms with Crippen LogP contribution in [-0.2, 0) is 6.54 Å². The Morgan fingerprint density at radius 3 is 2.61 bits per heavy atom. The maximum atomic E-state index is 13.4. The molecule has 2 fully saturated rings. The summed E-state index contributed by atoms with van der Waals surface area (Å²) in [5.41, 5.74) is 1.09. The molecule has 0 spiro atoms. The SMILES string of the molecule is COc1ccc(CNc2nc(N3CCC[C@H]3CO)nc(OC)c2C(=O)NC2CCC(O)CC2)cc1Cl. The van der Waals surface area contributed by atoms with Crippen LogP contribution in [0.4, 0.5) is 11.8 Å². The van der Waals surface area contributed by atoms with E-state index >= 15 is 0 Å². The number of anilines is 2. The molecule has 0 radical (unpaired) electrons. The summed E-state index contributed by atoms with van der Waals surface area (Å²) in [6, 6.07) is 5.33. The zero-order chi connectivity index (χ0) is 25.7. The van der Waals surface area contributed by atoms with Gasteiger partial charge >= 0.3 is 0 Å². The van der Waals surface area contributed by atoms with Crippen molar-refractivity contribution < 1.29 is 24.5 Å². The zero-order valence-electron chi connectivity index (χ0n) is 20.7. The van der Waals surface area contributed by atoms with Gasteiger partial charge in [-0.05, 0) is 56.2 Å². The molecule has 1 aliphatic heterocycles. The Balaban J connectivity index is 1.64. The van der Waals surface area contributed by atoms with Gasteiger partial charge < -0.3 is 35.2 Å². The van der Waals surface area contributed by atoms with Gasteiger partial charge in [-0.3, -0.25) is 4.79 Å². The maximum absolute atomic E-state index is 13.4. The molecule has 0 unspecified atom stereocenters. The maximum Gasteiger partial charge on any atom is 0.260 e. The van der Waals surface area contributed by atoms with Crippen LogP contribution in [0.25, 0.3) is 0 Å². The van der Waals surface area contributed by atoms with Crippen LogP contribution < -0.4 is 25.0 Å². The van der Waals surface area contributed by atoms with Gasteiger partial charge in [0.15, 0.2) is 0 Å². The molecule has 1 saturated heterocycles. The van der Waals surface area contributed by atoms with E-state index in [2.05, 4.69) is 15.6 Å². The molecule has 1 aromatic carbocycles. The average Bonchev–Trinajstić information content (AvgIpc) is 3.37. The predicted octanol–water partition coefficient (Wildman–Crippen LogP) is 2.75. The van der Waals surface area contributed by atoms with Crippen LogP contribution >= 0.6 is 11.6 Å². The molecule has 1 amide bonds. The minimum Gasteiger partial charge on any atom is -0.495 e. The first-order valence-electron chi connectivity index (χ1n) is 12.3. The van der Waals surface area contributed by atoms with Crippen molar-refractivity contribution in [1.82, 2.24) is 15.3 Å². The summed E-state index contributed by atoms with van der Waals surface area (Å²) in [5, 5.41) is 26.4.